The number of tetrazole rings is 1. The predicted molar refractivity (Wildman–Crippen MR) is 65.7 cm³/mol. The Morgan fingerprint density at radius 1 is 1.11 bits per heavy atom. The number of hydrogen-bond acceptors (Lipinski definition) is 5. The van der Waals surface area contributed by atoms with Gasteiger partial charge in [-0.1, -0.05) is 11.3 Å². The fraction of sp³-hybridized carbons (Fsp3) is 0.417. The maximum atomic E-state index is 5.26. The van der Waals surface area contributed by atoms with Crippen molar-refractivity contribution in [3.63, 3.8) is 0 Å². The van der Waals surface area contributed by atoms with Gasteiger partial charge in [-0.15, -0.1) is 10.2 Å². The highest BCUT2D eigenvalue weighted by Gasteiger charge is 2.05. The van der Waals surface area contributed by atoms with Crippen LogP contribution >= 0.6 is 0 Å². The molecule has 1 aromatic carbocycles. The van der Waals surface area contributed by atoms with Crippen LogP contribution in [0.25, 0.3) is 0 Å². The first kappa shape index (κ1) is 12.3. The molecule has 0 spiro atoms. The number of nitrogens with zero attached hydrogens (tertiary/aromatic N) is 3. The van der Waals surface area contributed by atoms with Gasteiger partial charge in [0.05, 0.1) is 14.2 Å². The van der Waals surface area contributed by atoms with Crippen molar-refractivity contribution in [2.75, 3.05) is 14.2 Å². The molecule has 0 aliphatic carbocycles. The van der Waals surface area contributed by atoms with E-state index in [-0.39, 0.29) is 0 Å². The van der Waals surface area contributed by atoms with E-state index in [4.69, 9.17) is 9.47 Å². The predicted octanol–water partition coefficient (Wildman–Crippen LogP) is 1.39. The summed E-state index contributed by atoms with van der Waals surface area (Å²) in [7, 11) is 3.27. The molecule has 6 heteroatoms. The van der Waals surface area contributed by atoms with Crippen LogP contribution in [0.1, 0.15) is 17.8 Å². The lowest BCUT2D eigenvalue weighted by Gasteiger charge is -2.09. The minimum Gasteiger partial charge on any atom is -0.493 e. The van der Waals surface area contributed by atoms with Gasteiger partial charge in [0.25, 0.3) is 0 Å². The summed E-state index contributed by atoms with van der Waals surface area (Å²) in [5.74, 6) is 2.25. The second kappa shape index (κ2) is 6.00. The van der Waals surface area contributed by atoms with Crippen molar-refractivity contribution < 1.29 is 9.47 Å². The normalized spacial score (nSPS) is 10.3. The van der Waals surface area contributed by atoms with Crippen molar-refractivity contribution in [2.24, 2.45) is 0 Å². The summed E-state index contributed by atoms with van der Waals surface area (Å²) >= 11 is 0. The third kappa shape index (κ3) is 2.97. The van der Waals surface area contributed by atoms with E-state index < -0.39 is 0 Å². The number of hydrogen-bond donors (Lipinski definition) is 1. The fourth-order valence-electron chi connectivity index (χ4n) is 1.78. The van der Waals surface area contributed by atoms with E-state index in [0.717, 1.165) is 36.6 Å². The van der Waals surface area contributed by atoms with Crippen molar-refractivity contribution >= 4 is 0 Å². The molecule has 0 aliphatic heterocycles. The number of benzene rings is 1. The van der Waals surface area contributed by atoms with Crippen molar-refractivity contribution in [3.8, 4) is 11.5 Å². The summed E-state index contributed by atoms with van der Waals surface area (Å²) in [4.78, 5) is 0. The van der Waals surface area contributed by atoms with Crippen molar-refractivity contribution in [2.45, 2.75) is 19.3 Å². The second-order valence-corrected chi connectivity index (χ2v) is 3.87. The first-order valence-corrected chi connectivity index (χ1v) is 5.76. The molecule has 0 radical (unpaired) electrons. The van der Waals surface area contributed by atoms with E-state index in [2.05, 4.69) is 20.6 Å². The number of methoxy groups -OCH3 is 2. The number of aromatic amines is 1. The zero-order valence-corrected chi connectivity index (χ0v) is 10.5. The maximum absolute atomic E-state index is 5.26. The van der Waals surface area contributed by atoms with Crippen molar-refractivity contribution in [3.05, 3.63) is 29.6 Å². The Bertz CT molecular complexity index is 485. The van der Waals surface area contributed by atoms with Crippen LogP contribution in [-0.2, 0) is 12.8 Å². The quantitative estimate of drug-likeness (QED) is 0.836. The lowest BCUT2D eigenvalue weighted by Crippen LogP contribution is -1.95. The molecule has 0 amide bonds. The second-order valence-electron chi connectivity index (χ2n) is 3.87. The summed E-state index contributed by atoms with van der Waals surface area (Å²) in [5, 5.41) is 13.8. The van der Waals surface area contributed by atoms with Crippen LogP contribution < -0.4 is 9.47 Å². The lowest BCUT2D eigenvalue weighted by molar-refractivity contribution is 0.354. The van der Waals surface area contributed by atoms with Crippen LogP contribution in [0, 0.1) is 0 Å². The van der Waals surface area contributed by atoms with Gasteiger partial charge in [-0.25, -0.2) is 0 Å². The van der Waals surface area contributed by atoms with E-state index in [0.29, 0.717) is 0 Å². The van der Waals surface area contributed by atoms with Crippen LogP contribution in [0.4, 0.5) is 0 Å². The molecule has 0 saturated heterocycles. The van der Waals surface area contributed by atoms with Crippen LogP contribution in [-0.4, -0.2) is 34.8 Å². The van der Waals surface area contributed by atoms with Gasteiger partial charge >= 0.3 is 0 Å². The number of rotatable bonds is 6. The molecule has 6 nitrogen and oxygen atoms in total. The molecule has 18 heavy (non-hydrogen) atoms. The highest BCUT2D eigenvalue weighted by molar-refractivity contribution is 5.42. The Balaban J connectivity index is 1.93. The zero-order valence-electron chi connectivity index (χ0n) is 10.5. The highest BCUT2D eigenvalue weighted by atomic mass is 16.5. The zero-order chi connectivity index (χ0) is 12.8. The van der Waals surface area contributed by atoms with E-state index in [1.165, 1.54) is 5.56 Å². The van der Waals surface area contributed by atoms with Crippen LogP contribution in [0.3, 0.4) is 0 Å². The first-order chi connectivity index (χ1) is 8.83. The molecule has 96 valence electrons. The molecule has 0 atom stereocenters. The summed E-state index contributed by atoms with van der Waals surface area (Å²) in [6.45, 7) is 0. The summed E-state index contributed by atoms with van der Waals surface area (Å²) < 4.78 is 10.5. The van der Waals surface area contributed by atoms with Crippen LogP contribution in [0.5, 0.6) is 11.5 Å². The van der Waals surface area contributed by atoms with Crippen LogP contribution in [0.15, 0.2) is 18.2 Å². The van der Waals surface area contributed by atoms with E-state index >= 15 is 0 Å². The van der Waals surface area contributed by atoms with Gasteiger partial charge in [0.1, 0.15) is 0 Å². The van der Waals surface area contributed by atoms with Gasteiger partial charge in [0.2, 0.25) is 0 Å². The Morgan fingerprint density at radius 3 is 2.61 bits per heavy atom. The van der Waals surface area contributed by atoms with E-state index in [9.17, 15) is 0 Å². The Labute approximate surface area is 105 Å². The van der Waals surface area contributed by atoms with Gasteiger partial charge < -0.3 is 9.47 Å². The molecule has 0 unspecified atom stereocenters. The molecule has 0 aliphatic rings. The third-order valence-corrected chi connectivity index (χ3v) is 2.70. The molecule has 1 aromatic heterocycles. The average Bonchev–Trinajstić information content (AvgIpc) is 2.91. The summed E-state index contributed by atoms with van der Waals surface area (Å²) in [6.07, 6.45) is 2.72. The number of nitrogens with one attached hydrogen (secondary N) is 1. The van der Waals surface area contributed by atoms with Crippen molar-refractivity contribution in [1.82, 2.24) is 20.6 Å². The molecule has 0 fully saturated rings. The molecule has 2 aromatic rings. The summed E-state index contributed by atoms with van der Waals surface area (Å²) in [5.41, 5.74) is 1.20. The number of H-pyrrole nitrogens is 1. The highest BCUT2D eigenvalue weighted by Crippen LogP contribution is 2.27. The van der Waals surface area contributed by atoms with Gasteiger partial charge in [0.15, 0.2) is 17.3 Å². The van der Waals surface area contributed by atoms with E-state index in [1.54, 1.807) is 14.2 Å². The Kier molecular flexibility index (Phi) is 4.11. The number of aryl methyl sites for hydroxylation is 2. The smallest absolute Gasteiger partial charge is 0.174 e. The first-order valence-electron chi connectivity index (χ1n) is 5.76. The Morgan fingerprint density at radius 2 is 1.94 bits per heavy atom. The van der Waals surface area contributed by atoms with E-state index in [1.807, 2.05) is 18.2 Å². The SMILES string of the molecule is COc1ccc(CCCc2nn[nH]n2)cc1OC. The monoisotopic (exact) mass is 248 g/mol. The standard InChI is InChI=1S/C12H16N4O2/c1-17-10-7-6-9(8-11(10)18-2)4-3-5-12-13-15-16-14-12/h6-8H,3-5H2,1-2H3,(H,13,14,15,16). The molecule has 0 saturated carbocycles. The minimum atomic E-state index is 0.746. The third-order valence-electron chi connectivity index (χ3n) is 2.70. The number of ether oxygens (including phenoxy) is 2. The largest absolute Gasteiger partial charge is 0.493 e. The lowest BCUT2D eigenvalue weighted by atomic mass is 10.1. The fourth-order valence-corrected chi connectivity index (χ4v) is 1.78. The van der Waals surface area contributed by atoms with Gasteiger partial charge in [-0.3, -0.25) is 0 Å². The van der Waals surface area contributed by atoms with Crippen LogP contribution in [0.2, 0.25) is 0 Å². The molecule has 1 N–H and O–H groups in total. The molecular formula is C12H16N4O2. The van der Waals surface area contributed by atoms with Gasteiger partial charge in [-0.2, -0.15) is 5.21 Å². The molecule has 1 heterocycles. The topological polar surface area (TPSA) is 72.9 Å². The van der Waals surface area contributed by atoms with Crippen molar-refractivity contribution in [1.29, 1.82) is 0 Å². The Hall–Kier alpha value is -2.11. The maximum Gasteiger partial charge on any atom is 0.174 e. The molecule has 2 rings (SSSR count). The number of aromatic nitrogens is 4. The average molecular weight is 248 g/mol. The molecule has 0 bridgehead atoms. The summed E-state index contributed by atoms with van der Waals surface area (Å²) in [6, 6.07) is 5.95. The molecular weight excluding hydrogens is 232 g/mol. The minimum absolute atomic E-state index is 0.746. The van der Waals surface area contributed by atoms with Gasteiger partial charge in [-0.05, 0) is 30.5 Å². The van der Waals surface area contributed by atoms with Gasteiger partial charge in [0, 0.05) is 6.42 Å².